The van der Waals surface area contributed by atoms with Crippen molar-refractivity contribution in [3.05, 3.63) is 23.9 Å². The fraction of sp³-hybridized carbons (Fsp3) is 0.706. The molecule has 0 aliphatic carbocycles. The Morgan fingerprint density at radius 2 is 2.24 bits per heavy atom. The van der Waals surface area contributed by atoms with Crippen LogP contribution in [0.25, 0.3) is 0 Å². The Bertz CT molecular complexity index is 436. The highest BCUT2D eigenvalue weighted by Crippen LogP contribution is 2.18. The predicted molar refractivity (Wildman–Crippen MR) is 87.6 cm³/mol. The van der Waals surface area contributed by atoms with Gasteiger partial charge in [-0.05, 0) is 57.2 Å². The third-order valence-electron chi connectivity index (χ3n) is 3.81. The second kappa shape index (κ2) is 7.23. The van der Waals surface area contributed by atoms with Crippen LogP contribution >= 0.6 is 0 Å². The topological polar surface area (TPSA) is 37.4 Å². The summed E-state index contributed by atoms with van der Waals surface area (Å²) in [5.74, 6) is 1.68. The number of ether oxygens (including phenoxy) is 1. The minimum Gasteiger partial charge on any atom is -0.381 e. The van der Waals surface area contributed by atoms with E-state index in [0.717, 1.165) is 32.1 Å². The molecule has 1 aromatic heterocycles. The molecule has 1 N–H and O–H groups in total. The summed E-state index contributed by atoms with van der Waals surface area (Å²) in [7, 11) is 2.12. The Kier molecular flexibility index (Phi) is 5.59. The van der Waals surface area contributed by atoms with Crippen molar-refractivity contribution >= 4 is 5.82 Å². The summed E-state index contributed by atoms with van der Waals surface area (Å²) in [6.45, 7) is 10.3. The summed E-state index contributed by atoms with van der Waals surface area (Å²) in [4.78, 5) is 6.76. The maximum absolute atomic E-state index is 5.56. The van der Waals surface area contributed by atoms with E-state index < -0.39 is 0 Å². The van der Waals surface area contributed by atoms with Crippen molar-refractivity contribution in [1.29, 1.82) is 0 Å². The van der Waals surface area contributed by atoms with Crippen molar-refractivity contribution in [2.24, 2.45) is 5.92 Å². The Labute approximate surface area is 128 Å². The fourth-order valence-corrected chi connectivity index (χ4v) is 2.58. The molecule has 0 saturated carbocycles. The van der Waals surface area contributed by atoms with Crippen LogP contribution in [0.5, 0.6) is 0 Å². The lowest BCUT2D eigenvalue weighted by Crippen LogP contribution is -2.35. The Morgan fingerprint density at radius 1 is 1.43 bits per heavy atom. The largest absolute Gasteiger partial charge is 0.381 e. The van der Waals surface area contributed by atoms with Gasteiger partial charge in [-0.1, -0.05) is 0 Å². The lowest BCUT2D eigenvalue weighted by atomic mass is 10.0. The second-order valence-corrected chi connectivity index (χ2v) is 7.09. The standard InChI is InChI=1S/C17H29N3O/c1-17(2,3)19-11-14-7-8-18-16(10-14)20(4)12-15-6-5-9-21-13-15/h7-8,10,15,19H,5-6,9,11-13H2,1-4H3. The first-order valence-corrected chi connectivity index (χ1v) is 7.93. The van der Waals surface area contributed by atoms with Crippen LogP contribution < -0.4 is 10.2 Å². The summed E-state index contributed by atoms with van der Waals surface area (Å²) in [6, 6.07) is 4.27. The van der Waals surface area contributed by atoms with E-state index in [1.54, 1.807) is 0 Å². The fourth-order valence-electron chi connectivity index (χ4n) is 2.58. The van der Waals surface area contributed by atoms with Crippen LogP contribution in [0.15, 0.2) is 18.3 Å². The average Bonchev–Trinajstić information content (AvgIpc) is 2.46. The van der Waals surface area contributed by atoms with Crippen LogP contribution in [0.2, 0.25) is 0 Å². The summed E-state index contributed by atoms with van der Waals surface area (Å²) in [5.41, 5.74) is 1.41. The normalized spacial score (nSPS) is 19.5. The van der Waals surface area contributed by atoms with Crippen LogP contribution in [0.4, 0.5) is 5.82 Å². The number of hydrogen-bond donors (Lipinski definition) is 1. The summed E-state index contributed by atoms with van der Waals surface area (Å²) in [6.07, 6.45) is 4.35. The van der Waals surface area contributed by atoms with Crippen LogP contribution in [0.3, 0.4) is 0 Å². The van der Waals surface area contributed by atoms with Crippen molar-refractivity contribution < 1.29 is 4.74 Å². The monoisotopic (exact) mass is 291 g/mol. The number of nitrogens with one attached hydrogen (secondary N) is 1. The van der Waals surface area contributed by atoms with Crippen LogP contribution in [0.1, 0.15) is 39.2 Å². The first-order chi connectivity index (χ1) is 9.94. The minimum atomic E-state index is 0.134. The van der Waals surface area contributed by atoms with Crippen molar-refractivity contribution in [1.82, 2.24) is 10.3 Å². The average molecular weight is 291 g/mol. The molecule has 21 heavy (non-hydrogen) atoms. The van der Waals surface area contributed by atoms with Crippen molar-refractivity contribution in [2.75, 3.05) is 31.7 Å². The van der Waals surface area contributed by atoms with Gasteiger partial charge in [0, 0.05) is 38.5 Å². The van der Waals surface area contributed by atoms with Crippen molar-refractivity contribution in [3.63, 3.8) is 0 Å². The molecule has 118 valence electrons. The zero-order chi connectivity index (χ0) is 15.3. The van der Waals surface area contributed by atoms with E-state index in [1.165, 1.54) is 18.4 Å². The van der Waals surface area contributed by atoms with Gasteiger partial charge in [-0.2, -0.15) is 0 Å². The Hall–Kier alpha value is -1.13. The molecule has 0 amide bonds. The number of anilines is 1. The molecule has 1 atom stereocenters. The third kappa shape index (κ3) is 5.64. The summed E-state index contributed by atoms with van der Waals surface area (Å²) >= 11 is 0. The van der Waals surface area contributed by atoms with E-state index in [1.807, 2.05) is 6.20 Å². The third-order valence-corrected chi connectivity index (χ3v) is 3.81. The maximum Gasteiger partial charge on any atom is 0.128 e. The Balaban J connectivity index is 1.92. The predicted octanol–water partition coefficient (Wildman–Crippen LogP) is 2.83. The van der Waals surface area contributed by atoms with Gasteiger partial charge in [0.15, 0.2) is 0 Å². The smallest absolute Gasteiger partial charge is 0.128 e. The SMILES string of the molecule is CN(CC1CCCOC1)c1cc(CNC(C)(C)C)ccn1. The van der Waals surface area contributed by atoms with E-state index in [4.69, 9.17) is 4.74 Å². The Morgan fingerprint density at radius 3 is 2.90 bits per heavy atom. The summed E-state index contributed by atoms with van der Waals surface area (Å²) in [5, 5.41) is 3.52. The first-order valence-electron chi connectivity index (χ1n) is 7.93. The van der Waals surface area contributed by atoms with E-state index >= 15 is 0 Å². The molecule has 2 heterocycles. The van der Waals surface area contributed by atoms with Crippen molar-refractivity contribution in [2.45, 2.75) is 45.7 Å². The molecule has 1 unspecified atom stereocenters. The number of nitrogens with zero attached hydrogens (tertiary/aromatic N) is 2. The zero-order valence-electron chi connectivity index (χ0n) is 13.9. The van der Waals surface area contributed by atoms with Crippen molar-refractivity contribution in [3.8, 4) is 0 Å². The second-order valence-electron chi connectivity index (χ2n) is 7.09. The molecule has 0 spiro atoms. The maximum atomic E-state index is 5.56. The van der Waals surface area contributed by atoms with Gasteiger partial charge in [-0.3, -0.25) is 0 Å². The molecule has 0 bridgehead atoms. The molecule has 1 aliphatic heterocycles. The van der Waals surface area contributed by atoms with Gasteiger partial charge < -0.3 is 15.0 Å². The van der Waals surface area contributed by atoms with Gasteiger partial charge in [0.25, 0.3) is 0 Å². The first kappa shape index (κ1) is 16.2. The number of hydrogen-bond acceptors (Lipinski definition) is 4. The zero-order valence-corrected chi connectivity index (χ0v) is 13.9. The lowest BCUT2D eigenvalue weighted by Gasteiger charge is -2.28. The molecular formula is C17H29N3O. The highest BCUT2D eigenvalue weighted by molar-refractivity contribution is 5.40. The molecule has 0 radical (unpaired) electrons. The van der Waals surface area contributed by atoms with Gasteiger partial charge in [0.05, 0.1) is 6.61 Å². The van der Waals surface area contributed by atoms with Gasteiger partial charge in [0.2, 0.25) is 0 Å². The molecule has 4 nitrogen and oxygen atoms in total. The molecule has 2 rings (SSSR count). The van der Waals surface area contributed by atoms with E-state index in [2.05, 4.69) is 55.2 Å². The molecule has 4 heteroatoms. The molecule has 1 aromatic rings. The van der Waals surface area contributed by atoms with E-state index in [9.17, 15) is 0 Å². The quantitative estimate of drug-likeness (QED) is 0.905. The number of aromatic nitrogens is 1. The van der Waals surface area contributed by atoms with Gasteiger partial charge >= 0.3 is 0 Å². The molecule has 1 fully saturated rings. The number of pyridine rings is 1. The van der Waals surface area contributed by atoms with Crippen LogP contribution in [-0.4, -0.2) is 37.3 Å². The van der Waals surface area contributed by atoms with E-state index in [0.29, 0.717) is 5.92 Å². The lowest BCUT2D eigenvalue weighted by molar-refractivity contribution is 0.0576. The number of rotatable bonds is 5. The van der Waals surface area contributed by atoms with Crippen LogP contribution in [0, 0.1) is 5.92 Å². The minimum absolute atomic E-state index is 0.134. The highest BCUT2D eigenvalue weighted by Gasteiger charge is 2.17. The highest BCUT2D eigenvalue weighted by atomic mass is 16.5. The summed E-state index contributed by atoms with van der Waals surface area (Å²) < 4.78 is 5.56. The van der Waals surface area contributed by atoms with Gasteiger partial charge in [-0.15, -0.1) is 0 Å². The van der Waals surface area contributed by atoms with Gasteiger partial charge in [0.1, 0.15) is 5.82 Å². The molecule has 1 aliphatic rings. The van der Waals surface area contributed by atoms with Gasteiger partial charge in [-0.25, -0.2) is 4.98 Å². The van der Waals surface area contributed by atoms with Crippen LogP contribution in [-0.2, 0) is 11.3 Å². The molecule has 1 saturated heterocycles. The van der Waals surface area contributed by atoms with E-state index in [-0.39, 0.29) is 5.54 Å². The molecule has 0 aromatic carbocycles. The molecular weight excluding hydrogens is 262 g/mol.